The molecule has 0 bridgehead atoms. The molecule has 1 amide bonds. The molecule has 3 aromatic rings. The van der Waals surface area contributed by atoms with Gasteiger partial charge in [0.05, 0.1) is 11.3 Å². The number of nitrogens with zero attached hydrogens (tertiary/aromatic N) is 2. The van der Waals surface area contributed by atoms with Gasteiger partial charge in [0.25, 0.3) is 5.91 Å². The Morgan fingerprint density at radius 3 is 2.71 bits per heavy atom. The van der Waals surface area contributed by atoms with Crippen LogP contribution in [0.1, 0.15) is 59.4 Å². The molecule has 2 atom stereocenters. The van der Waals surface area contributed by atoms with Gasteiger partial charge in [-0.05, 0) is 69.2 Å². The summed E-state index contributed by atoms with van der Waals surface area (Å²) < 4.78 is 35.5. The zero-order valence-corrected chi connectivity index (χ0v) is 17.7. The van der Waals surface area contributed by atoms with Crippen LogP contribution in [0.3, 0.4) is 0 Å². The summed E-state index contributed by atoms with van der Waals surface area (Å²) in [4.78, 5) is 17.8. The molecule has 31 heavy (non-hydrogen) atoms. The molecule has 2 unspecified atom stereocenters. The largest absolute Gasteiger partial charge is 0.485 e. The molecule has 2 aliphatic rings. The van der Waals surface area contributed by atoms with E-state index >= 15 is 0 Å². The predicted octanol–water partition coefficient (Wildman–Crippen LogP) is 4.87. The number of ether oxygens (including phenoxy) is 1. The molecule has 2 aromatic heterocycles. The third-order valence-corrected chi connectivity index (χ3v) is 6.90. The Kier molecular flexibility index (Phi) is 4.72. The number of aryl methyl sites for hydroxylation is 2. The molecule has 0 radical (unpaired) electrons. The quantitative estimate of drug-likeness (QED) is 0.635. The fraction of sp³-hybridized carbons (Fsp3) is 0.417. The summed E-state index contributed by atoms with van der Waals surface area (Å²) >= 11 is 0. The molecular weight excluding hydrogens is 400 g/mol. The lowest BCUT2D eigenvalue weighted by atomic mass is 9.69. The van der Waals surface area contributed by atoms with Gasteiger partial charge in [0, 0.05) is 11.7 Å². The number of carbonyl (C=O) groups is 1. The molecule has 162 valence electrons. The van der Waals surface area contributed by atoms with Crippen molar-refractivity contribution >= 4 is 11.6 Å². The van der Waals surface area contributed by atoms with E-state index in [2.05, 4.69) is 10.3 Å². The number of hydrogen-bond acceptors (Lipinski definition) is 3. The van der Waals surface area contributed by atoms with E-state index in [0.717, 1.165) is 24.8 Å². The molecule has 2 aliphatic carbocycles. The first kappa shape index (κ1) is 20.0. The van der Waals surface area contributed by atoms with Crippen LogP contribution in [0, 0.1) is 31.4 Å². The number of pyridine rings is 1. The SMILES string of the molecule is Cc1cc(OCc2c(F)cccc2F)c2nc(C)c(C(=O)NC34CCCC3CC4)n2c1. The van der Waals surface area contributed by atoms with Crippen molar-refractivity contribution in [2.45, 2.75) is 58.1 Å². The van der Waals surface area contributed by atoms with E-state index in [1.54, 1.807) is 17.4 Å². The zero-order chi connectivity index (χ0) is 21.8. The lowest BCUT2D eigenvalue weighted by molar-refractivity contribution is 0.0711. The Balaban J connectivity index is 1.47. The number of halogens is 2. The second-order valence-corrected chi connectivity index (χ2v) is 8.85. The number of nitrogens with one attached hydrogen (secondary N) is 1. The molecule has 2 heterocycles. The van der Waals surface area contributed by atoms with Crippen LogP contribution in [-0.4, -0.2) is 20.8 Å². The minimum absolute atomic E-state index is 0.0702. The van der Waals surface area contributed by atoms with E-state index in [1.807, 2.05) is 13.1 Å². The van der Waals surface area contributed by atoms with E-state index < -0.39 is 11.6 Å². The summed E-state index contributed by atoms with van der Waals surface area (Å²) in [6, 6.07) is 5.48. The van der Waals surface area contributed by atoms with Gasteiger partial charge in [-0.1, -0.05) is 12.5 Å². The van der Waals surface area contributed by atoms with E-state index in [1.165, 1.54) is 31.0 Å². The number of rotatable bonds is 5. The predicted molar refractivity (Wildman–Crippen MR) is 112 cm³/mol. The van der Waals surface area contributed by atoms with Crippen molar-refractivity contribution < 1.29 is 18.3 Å². The van der Waals surface area contributed by atoms with Crippen molar-refractivity contribution in [2.75, 3.05) is 0 Å². The van der Waals surface area contributed by atoms with Crippen LogP contribution < -0.4 is 10.1 Å². The number of hydrogen-bond donors (Lipinski definition) is 1. The van der Waals surface area contributed by atoms with Gasteiger partial charge in [-0.15, -0.1) is 0 Å². The van der Waals surface area contributed by atoms with Crippen LogP contribution in [0.4, 0.5) is 8.78 Å². The summed E-state index contributed by atoms with van der Waals surface area (Å²) in [6.07, 6.45) is 7.40. The molecule has 1 N–H and O–H groups in total. The number of benzene rings is 1. The standard InChI is InChI=1S/C24H25F2N3O2/c1-14-11-20(31-13-17-18(25)6-3-7-19(17)26)22-27-15(2)21(29(22)12-14)23(30)28-24-9-4-5-16(24)8-10-24/h3,6-7,11-12,16H,4-5,8-10,13H2,1-2H3,(H,28,30). The molecule has 2 saturated carbocycles. The fourth-order valence-corrected chi connectivity index (χ4v) is 5.18. The first-order chi connectivity index (χ1) is 14.9. The number of amides is 1. The van der Waals surface area contributed by atoms with Crippen LogP contribution in [-0.2, 0) is 6.61 Å². The zero-order valence-electron chi connectivity index (χ0n) is 17.7. The first-order valence-electron chi connectivity index (χ1n) is 10.8. The Bertz CT molecular complexity index is 1170. The lowest BCUT2D eigenvalue weighted by Gasteiger charge is -2.45. The third-order valence-electron chi connectivity index (χ3n) is 6.90. The van der Waals surface area contributed by atoms with Crippen LogP contribution in [0.25, 0.3) is 5.65 Å². The maximum atomic E-state index is 14.0. The lowest BCUT2D eigenvalue weighted by Crippen LogP contribution is -2.57. The average molecular weight is 425 g/mol. The molecular formula is C24H25F2N3O2. The third kappa shape index (κ3) is 3.27. The molecule has 0 aliphatic heterocycles. The van der Waals surface area contributed by atoms with Crippen molar-refractivity contribution in [3.8, 4) is 5.75 Å². The van der Waals surface area contributed by atoms with E-state index in [0.29, 0.717) is 28.7 Å². The van der Waals surface area contributed by atoms with Crippen molar-refractivity contribution in [3.63, 3.8) is 0 Å². The van der Waals surface area contributed by atoms with E-state index in [4.69, 9.17) is 4.74 Å². The van der Waals surface area contributed by atoms with Crippen LogP contribution in [0.5, 0.6) is 5.75 Å². The summed E-state index contributed by atoms with van der Waals surface area (Å²) in [5.74, 6) is -0.492. The van der Waals surface area contributed by atoms with Gasteiger partial charge in [0.1, 0.15) is 23.9 Å². The second-order valence-electron chi connectivity index (χ2n) is 8.85. The molecule has 7 heteroatoms. The maximum absolute atomic E-state index is 14.0. The number of carbonyl (C=O) groups excluding carboxylic acids is 1. The Morgan fingerprint density at radius 2 is 2.03 bits per heavy atom. The van der Waals surface area contributed by atoms with Crippen LogP contribution >= 0.6 is 0 Å². The number of aromatic nitrogens is 2. The van der Waals surface area contributed by atoms with Crippen molar-refractivity contribution in [1.29, 1.82) is 0 Å². The van der Waals surface area contributed by atoms with Gasteiger partial charge in [-0.2, -0.15) is 0 Å². The average Bonchev–Trinajstić information content (AvgIpc) is 3.18. The highest BCUT2D eigenvalue weighted by molar-refractivity contribution is 5.95. The second kappa shape index (κ2) is 7.32. The number of fused-ring (bicyclic) bond motifs is 2. The van der Waals surface area contributed by atoms with Crippen molar-refractivity contribution in [3.05, 3.63) is 64.6 Å². The van der Waals surface area contributed by atoms with Gasteiger partial charge in [0.2, 0.25) is 0 Å². The minimum atomic E-state index is -0.658. The molecule has 2 fully saturated rings. The van der Waals surface area contributed by atoms with Crippen LogP contribution in [0.2, 0.25) is 0 Å². The Labute approximate surface area is 179 Å². The monoisotopic (exact) mass is 425 g/mol. The Morgan fingerprint density at radius 1 is 1.26 bits per heavy atom. The molecule has 0 saturated heterocycles. The van der Waals surface area contributed by atoms with E-state index in [-0.39, 0.29) is 23.6 Å². The maximum Gasteiger partial charge on any atom is 0.270 e. The molecule has 5 nitrogen and oxygen atoms in total. The van der Waals surface area contributed by atoms with Gasteiger partial charge in [-0.3, -0.25) is 9.20 Å². The van der Waals surface area contributed by atoms with Crippen LogP contribution in [0.15, 0.2) is 30.5 Å². The van der Waals surface area contributed by atoms with Gasteiger partial charge < -0.3 is 10.1 Å². The smallest absolute Gasteiger partial charge is 0.270 e. The normalized spacial score (nSPS) is 22.3. The number of imidazole rings is 1. The molecule has 5 rings (SSSR count). The van der Waals surface area contributed by atoms with E-state index in [9.17, 15) is 13.6 Å². The highest BCUT2D eigenvalue weighted by Gasteiger charge is 2.50. The first-order valence-corrected chi connectivity index (χ1v) is 10.8. The minimum Gasteiger partial charge on any atom is -0.485 e. The van der Waals surface area contributed by atoms with Gasteiger partial charge in [0.15, 0.2) is 11.4 Å². The summed E-state index contributed by atoms with van der Waals surface area (Å²) in [6.45, 7) is 3.41. The van der Waals surface area contributed by atoms with Gasteiger partial charge >= 0.3 is 0 Å². The van der Waals surface area contributed by atoms with Gasteiger partial charge in [-0.25, -0.2) is 13.8 Å². The summed E-state index contributed by atoms with van der Waals surface area (Å²) in [7, 11) is 0. The highest BCUT2D eigenvalue weighted by Crippen LogP contribution is 2.50. The van der Waals surface area contributed by atoms with Crippen molar-refractivity contribution in [2.24, 2.45) is 5.92 Å². The summed E-state index contributed by atoms with van der Waals surface area (Å²) in [5, 5.41) is 3.30. The fourth-order valence-electron chi connectivity index (χ4n) is 5.18. The Hall–Kier alpha value is -2.96. The topological polar surface area (TPSA) is 55.6 Å². The summed E-state index contributed by atoms with van der Waals surface area (Å²) in [5.41, 5.74) is 2.17. The molecule has 0 spiro atoms. The highest BCUT2D eigenvalue weighted by atomic mass is 19.1. The molecule has 1 aromatic carbocycles. The van der Waals surface area contributed by atoms with Crippen molar-refractivity contribution in [1.82, 2.24) is 14.7 Å².